The number of aromatic nitrogens is 2. The number of aromatic hydroxyl groups is 1. The van der Waals surface area contributed by atoms with Crippen LogP contribution in [-0.4, -0.2) is 43.3 Å². The van der Waals surface area contributed by atoms with Gasteiger partial charge in [-0.2, -0.15) is 0 Å². The van der Waals surface area contributed by atoms with Crippen molar-refractivity contribution in [3.63, 3.8) is 0 Å². The molecule has 0 fully saturated rings. The van der Waals surface area contributed by atoms with Gasteiger partial charge in [-0.25, -0.2) is 9.97 Å². The highest BCUT2D eigenvalue weighted by Crippen LogP contribution is 2.22. The van der Waals surface area contributed by atoms with Crippen molar-refractivity contribution in [1.29, 1.82) is 0 Å². The predicted octanol–water partition coefficient (Wildman–Crippen LogP) is 3.65. The Morgan fingerprint density at radius 3 is 2.62 bits per heavy atom. The average Bonchev–Trinajstić information content (AvgIpc) is 2.88. The van der Waals surface area contributed by atoms with E-state index < -0.39 is 12.7 Å². The molecular formula is C29H32N4O4. The summed E-state index contributed by atoms with van der Waals surface area (Å²) in [4.78, 5) is 21.2. The minimum Gasteiger partial charge on any atom is -0.506 e. The molecule has 8 nitrogen and oxygen atoms in total. The number of hydrogen-bond donors (Lipinski definition) is 5. The molecule has 2 aromatic heterocycles. The van der Waals surface area contributed by atoms with E-state index in [-0.39, 0.29) is 35.9 Å². The molecule has 8 heteroatoms. The van der Waals surface area contributed by atoms with E-state index >= 15 is 0 Å². The minimum atomic E-state index is -0.900. The smallest absolute Gasteiger partial charge is 0.229 e. The first-order valence-electron chi connectivity index (χ1n) is 12.2. The van der Waals surface area contributed by atoms with Crippen LogP contribution in [0.1, 0.15) is 42.5 Å². The van der Waals surface area contributed by atoms with Crippen LogP contribution in [0.3, 0.4) is 0 Å². The first-order valence-corrected chi connectivity index (χ1v) is 12.2. The Balaban J connectivity index is 1.35. The highest BCUT2D eigenvalue weighted by atomic mass is 16.3. The maximum Gasteiger partial charge on any atom is 0.229 e. The number of amides is 1. The standard InChI is InChI=1S/C29H32N4O4/c1-29(2,31-17-26(36)23-10-11-25(35)24(18-34)32-23)16-20-7-5-6-19(14-20)15-27(37)33-28-22-9-4-3-8-21(22)12-13-30-28/h3-14,26,31,34-36H,15-18H2,1-2H3,(H,30,33,37). The van der Waals surface area contributed by atoms with Crippen molar-refractivity contribution in [2.45, 2.75) is 44.9 Å². The van der Waals surface area contributed by atoms with Crippen LogP contribution in [0.5, 0.6) is 5.75 Å². The molecule has 4 aromatic rings. The summed E-state index contributed by atoms with van der Waals surface area (Å²) in [5.74, 6) is 0.316. The number of β-amino-alcohol motifs (C(OH)–C–C–N with tert-alkyl or cyclic N) is 1. The largest absolute Gasteiger partial charge is 0.506 e. The quantitative estimate of drug-likeness (QED) is 0.225. The van der Waals surface area contributed by atoms with Gasteiger partial charge >= 0.3 is 0 Å². The second kappa shape index (κ2) is 11.5. The fourth-order valence-electron chi connectivity index (χ4n) is 4.29. The molecule has 192 valence electrons. The number of pyridine rings is 2. The van der Waals surface area contributed by atoms with Crippen LogP contribution in [0, 0.1) is 0 Å². The predicted molar refractivity (Wildman–Crippen MR) is 143 cm³/mol. The number of carbonyl (C=O) groups excluding carboxylic acids is 1. The van der Waals surface area contributed by atoms with Gasteiger partial charge in [0.05, 0.1) is 18.7 Å². The lowest BCUT2D eigenvalue weighted by molar-refractivity contribution is -0.115. The summed E-state index contributed by atoms with van der Waals surface area (Å²) in [5.41, 5.74) is 2.11. The van der Waals surface area contributed by atoms with Crippen LogP contribution in [0.2, 0.25) is 0 Å². The first kappa shape index (κ1) is 26.2. The minimum absolute atomic E-state index is 0.103. The van der Waals surface area contributed by atoms with E-state index in [2.05, 4.69) is 20.6 Å². The number of aliphatic hydroxyl groups excluding tert-OH is 2. The summed E-state index contributed by atoms with van der Waals surface area (Å²) in [6.07, 6.45) is 1.69. The van der Waals surface area contributed by atoms with Crippen LogP contribution in [-0.2, 0) is 24.2 Å². The van der Waals surface area contributed by atoms with Gasteiger partial charge in [-0.1, -0.05) is 48.5 Å². The molecule has 1 amide bonds. The molecule has 4 rings (SSSR count). The van der Waals surface area contributed by atoms with E-state index in [1.807, 2.05) is 68.4 Å². The van der Waals surface area contributed by atoms with E-state index in [0.717, 1.165) is 21.9 Å². The number of aliphatic hydroxyl groups is 2. The van der Waals surface area contributed by atoms with E-state index in [1.165, 1.54) is 12.1 Å². The van der Waals surface area contributed by atoms with Gasteiger partial charge in [0.2, 0.25) is 5.91 Å². The molecule has 2 aromatic carbocycles. The molecule has 37 heavy (non-hydrogen) atoms. The van der Waals surface area contributed by atoms with Crippen molar-refractivity contribution in [2.24, 2.45) is 0 Å². The number of benzene rings is 2. The monoisotopic (exact) mass is 500 g/mol. The number of anilines is 1. The number of nitrogens with zero attached hydrogens (tertiary/aromatic N) is 2. The third kappa shape index (κ3) is 6.89. The fourth-order valence-corrected chi connectivity index (χ4v) is 4.29. The van der Waals surface area contributed by atoms with Crippen LogP contribution in [0.25, 0.3) is 10.8 Å². The van der Waals surface area contributed by atoms with Gasteiger partial charge < -0.3 is 26.0 Å². The molecule has 2 heterocycles. The number of carbonyl (C=O) groups is 1. The van der Waals surface area contributed by atoms with Gasteiger partial charge in [-0.05, 0) is 55.0 Å². The molecule has 0 spiro atoms. The molecule has 0 aliphatic heterocycles. The summed E-state index contributed by atoms with van der Waals surface area (Å²) in [7, 11) is 0. The van der Waals surface area contributed by atoms with E-state index in [4.69, 9.17) is 0 Å². The third-order valence-corrected chi connectivity index (χ3v) is 6.17. The Bertz CT molecular complexity index is 1380. The van der Waals surface area contributed by atoms with Crippen molar-refractivity contribution in [2.75, 3.05) is 11.9 Å². The van der Waals surface area contributed by atoms with Crippen molar-refractivity contribution in [1.82, 2.24) is 15.3 Å². The third-order valence-electron chi connectivity index (χ3n) is 6.17. The van der Waals surface area contributed by atoms with Gasteiger partial charge in [-0.15, -0.1) is 0 Å². The second-order valence-electron chi connectivity index (χ2n) is 9.74. The number of nitrogens with one attached hydrogen (secondary N) is 2. The van der Waals surface area contributed by atoms with Gasteiger partial charge in [0.25, 0.3) is 0 Å². The van der Waals surface area contributed by atoms with Crippen molar-refractivity contribution in [3.05, 3.63) is 95.4 Å². The Labute approximate surface area is 216 Å². The Morgan fingerprint density at radius 1 is 1.03 bits per heavy atom. The molecule has 5 N–H and O–H groups in total. The van der Waals surface area contributed by atoms with E-state index in [9.17, 15) is 20.1 Å². The molecule has 0 saturated carbocycles. The summed E-state index contributed by atoms with van der Waals surface area (Å²) in [5, 5.41) is 37.7. The van der Waals surface area contributed by atoms with Gasteiger partial charge in [0.15, 0.2) is 0 Å². The summed E-state index contributed by atoms with van der Waals surface area (Å²) in [6, 6.07) is 20.6. The zero-order chi connectivity index (χ0) is 26.4. The molecular weight excluding hydrogens is 468 g/mol. The molecule has 0 aliphatic rings. The lowest BCUT2D eigenvalue weighted by Gasteiger charge is -2.28. The maximum absolute atomic E-state index is 12.8. The van der Waals surface area contributed by atoms with E-state index in [0.29, 0.717) is 17.9 Å². The zero-order valence-electron chi connectivity index (χ0n) is 21.0. The fraction of sp³-hybridized carbons (Fsp3) is 0.276. The summed E-state index contributed by atoms with van der Waals surface area (Å²) < 4.78 is 0. The molecule has 0 radical (unpaired) electrons. The molecule has 0 aliphatic carbocycles. The Morgan fingerprint density at radius 2 is 1.81 bits per heavy atom. The van der Waals surface area contributed by atoms with Crippen LogP contribution < -0.4 is 10.6 Å². The van der Waals surface area contributed by atoms with Gasteiger partial charge in [0, 0.05) is 23.7 Å². The number of rotatable bonds is 10. The van der Waals surface area contributed by atoms with Gasteiger partial charge in [-0.3, -0.25) is 4.79 Å². The highest BCUT2D eigenvalue weighted by Gasteiger charge is 2.21. The second-order valence-corrected chi connectivity index (χ2v) is 9.74. The Hall–Kier alpha value is -3.85. The average molecular weight is 501 g/mol. The first-order chi connectivity index (χ1) is 17.7. The van der Waals surface area contributed by atoms with Crippen LogP contribution >= 0.6 is 0 Å². The molecule has 1 unspecified atom stereocenters. The van der Waals surface area contributed by atoms with Crippen molar-refractivity contribution >= 4 is 22.5 Å². The topological polar surface area (TPSA) is 128 Å². The molecule has 0 bridgehead atoms. The molecule has 1 atom stereocenters. The molecule has 0 saturated heterocycles. The lowest BCUT2D eigenvalue weighted by atomic mass is 9.93. The van der Waals surface area contributed by atoms with E-state index in [1.54, 1.807) is 6.20 Å². The normalized spacial score (nSPS) is 12.4. The highest BCUT2D eigenvalue weighted by molar-refractivity contribution is 6.00. The maximum atomic E-state index is 12.8. The number of fused-ring (bicyclic) bond motifs is 1. The van der Waals surface area contributed by atoms with Gasteiger partial charge in [0.1, 0.15) is 23.4 Å². The summed E-state index contributed by atoms with van der Waals surface area (Å²) >= 11 is 0. The van der Waals surface area contributed by atoms with Crippen LogP contribution in [0.4, 0.5) is 5.82 Å². The van der Waals surface area contributed by atoms with Crippen LogP contribution in [0.15, 0.2) is 72.9 Å². The Kier molecular flexibility index (Phi) is 8.13. The van der Waals surface area contributed by atoms with Crippen molar-refractivity contribution in [3.8, 4) is 5.75 Å². The SMILES string of the molecule is CC(C)(Cc1cccc(CC(=O)Nc2nccc3ccccc23)c1)NCC(O)c1ccc(O)c(CO)n1. The number of hydrogen-bond acceptors (Lipinski definition) is 7. The zero-order valence-corrected chi connectivity index (χ0v) is 21.0. The summed E-state index contributed by atoms with van der Waals surface area (Å²) in [6.45, 7) is 3.91. The van der Waals surface area contributed by atoms with Crippen molar-refractivity contribution < 1.29 is 20.1 Å². The lowest BCUT2D eigenvalue weighted by Crippen LogP contribution is -2.43.